The van der Waals surface area contributed by atoms with Crippen LogP contribution in [0.15, 0.2) is 39.8 Å². The van der Waals surface area contributed by atoms with E-state index < -0.39 is 10.0 Å². The van der Waals surface area contributed by atoms with Gasteiger partial charge in [0.2, 0.25) is 10.0 Å². The molecule has 0 unspecified atom stereocenters. The lowest BCUT2D eigenvalue weighted by molar-refractivity contribution is 0.368. The molecule has 0 aliphatic rings. The zero-order chi connectivity index (χ0) is 22.9. The zero-order valence-corrected chi connectivity index (χ0v) is 19.9. The van der Waals surface area contributed by atoms with Gasteiger partial charge in [0.25, 0.3) is 0 Å². The Morgan fingerprint density at radius 2 is 1.68 bits per heavy atom. The summed E-state index contributed by atoms with van der Waals surface area (Å²) in [7, 11) is -1.62. The Labute approximate surface area is 186 Å². The molecule has 1 aromatic carbocycles. The van der Waals surface area contributed by atoms with E-state index in [2.05, 4.69) is 39.4 Å². The number of benzene rings is 1. The number of rotatable bonds is 11. The molecule has 0 fully saturated rings. The molecule has 31 heavy (non-hydrogen) atoms. The summed E-state index contributed by atoms with van der Waals surface area (Å²) in [5.74, 6) is 1.81. The van der Waals surface area contributed by atoms with Crippen molar-refractivity contribution in [2.24, 2.45) is 4.99 Å². The van der Waals surface area contributed by atoms with Crippen molar-refractivity contribution in [3.63, 3.8) is 0 Å². The molecule has 8 nitrogen and oxygen atoms in total. The van der Waals surface area contributed by atoms with Crippen molar-refractivity contribution in [2.45, 2.75) is 71.3 Å². The van der Waals surface area contributed by atoms with Gasteiger partial charge in [-0.25, -0.2) is 13.1 Å². The fourth-order valence-electron chi connectivity index (χ4n) is 3.26. The minimum absolute atomic E-state index is 0.0296. The summed E-state index contributed by atoms with van der Waals surface area (Å²) in [6, 6.07) is 9.38. The van der Waals surface area contributed by atoms with E-state index in [9.17, 15) is 8.42 Å². The number of hydrogen-bond donors (Lipinski definition) is 3. The Balaban J connectivity index is 1.84. The molecule has 3 N–H and O–H groups in total. The fourth-order valence-corrected chi connectivity index (χ4v) is 4.70. The predicted octanol–water partition coefficient (Wildman–Crippen LogP) is 3.27. The van der Waals surface area contributed by atoms with E-state index in [1.807, 2.05) is 44.2 Å². The summed E-state index contributed by atoms with van der Waals surface area (Å²) in [5, 5.41) is 10.7. The predicted molar refractivity (Wildman–Crippen MR) is 124 cm³/mol. The molecule has 2 rings (SSSR count). The highest BCUT2D eigenvalue weighted by molar-refractivity contribution is 7.88. The summed E-state index contributed by atoms with van der Waals surface area (Å²) >= 11 is 0. The van der Waals surface area contributed by atoms with Crippen molar-refractivity contribution in [1.82, 2.24) is 20.5 Å². The monoisotopic (exact) mass is 449 g/mol. The quantitative estimate of drug-likeness (QED) is 0.359. The summed E-state index contributed by atoms with van der Waals surface area (Å²) in [5.41, 5.74) is 2.77. The lowest BCUT2D eigenvalue weighted by atomic mass is 9.99. The topological polar surface area (TPSA) is 109 Å². The number of sulfonamides is 1. The second-order valence-electron chi connectivity index (χ2n) is 7.86. The smallest absolute Gasteiger partial charge is 0.216 e. The number of guanidine groups is 1. The van der Waals surface area contributed by atoms with Gasteiger partial charge in [-0.05, 0) is 37.8 Å². The van der Waals surface area contributed by atoms with Gasteiger partial charge >= 0.3 is 0 Å². The molecule has 0 saturated carbocycles. The average molecular weight is 450 g/mol. The van der Waals surface area contributed by atoms with Gasteiger partial charge in [-0.1, -0.05) is 43.3 Å². The van der Waals surface area contributed by atoms with Crippen LogP contribution in [0, 0.1) is 0 Å². The van der Waals surface area contributed by atoms with Gasteiger partial charge in [-0.15, -0.1) is 0 Å². The Morgan fingerprint density at radius 1 is 1.06 bits per heavy atom. The first-order valence-corrected chi connectivity index (χ1v) is 12.4. The molecule has 0 aliphatic carbocycles. The van der Waals surface area contributed by atoms with Gasteiger partial charge in [-0.2, -0.15) is 0 Å². The van der Waals surface area contributed by atoms with Crippen LogP contribution in [-0.4, -0.2) is 32.6 Å². The van der Waals surface area contributed by atoms with Crippen LogP contribution in [0.2, 0.25) is 0 Å². The normalized spacial score (nSPS) is 12.5. The van der Waals surface area contributed by atoms with Crippen LogP contribution in [0.5, 0.6) is 0 Å². The number of hydrogen-bond acceptors (Lipinski definition) is 5. The Morgan fingerprint density at radius 3 is 2.26 bits per heavy atom. The van der Waals surface area contributed by atoms with Crippen molar-refractivity contribution in [2.75, 3.05) is 7.05 Å². The molecule has 1 heterocycles. The van der Waals surface area contributed by atoms with Gasteiger partial charge < -0.3 is 15.2 Å². The Kier molecular flexibility index (Phi) is 9.51. The van der Waals surface area contributed by atoms with E-state index in [-0.39, 0.29) is 11.8 Å². The first kappa shape index (κ1) is 24.9. The second-order valence-corrected chi connectivity index (χ2v) is 9.61. The van der Waals surface area contributed by atoms with Gasteiger partial charge in [0.1, 0.15) is 0 Å². The summed E-state index contributed by atoms with van der Waals surface area (Å²) in [6.45, 7) is 8.98. The molecule has 1 aromatic heterocycles. The minimum Gasteiger partial charge on any atom is -0.359 e. The summed E-state index contributed by atoms with van der Waals surface area (Å²) in [4.78, 5) is 4.23. The number of aromatic nitrogens is 1. The van der Waals surface area contributed by atoms with E-state index in [0.717, 1.165) is 35.4 Å². The van der Waals surface area contributed by atoms with Crippen LogP contribution >= 0.6 is 0 Å². The molecule has 9 heteroatoms. The molecule has 0 radical (unpaired) electrons. The van der Waals surface area contributed by atoms with Crippen molar-refractivity contribution in [1.29, 1.82) is 0 Å². The van der Waals surface area contributed by atoms with Crippen LogP contribution in [0.4, 0.5) is 0 Å². The third kappa shape index (κ3) is 8.34. The maximum Gasteiger partial charge on any atom is 0.216 e. The standard InChI is InChI=1S/C22H35N5O3S/c1-6-19(7-2)21-12-20(30-26-21)14-25-22(23-5)24-13-17-8-10-18(11-9-17)15-31(28,29)27-16(3)4/h8-12,16,19,27H,6-7,13-15H2,1-5H3,(H2,23,24,25). The van der Waals surface area contributed by atoms with Gasteiger partial charge in [0.05, 0.1) is 18.0 Å². The van der Waals surface area contributed by atoms with Crippen LogP contribution in [-0.2, 0) is 28.9 Å². The van der Waals surface area contributed by atoms with Crippen molar-refractivity contribution >= 4 is 16.0 Å². The Bertz CT molecular complexity index is 932. The van der Waals surface area contributed by atoms with Gasteiger partial charge in [0, 0.05) is 31.6 Å². The molecule has 2 aromatic rings. The van der Waals surface area contributed by atoms with Crippen LogP contribution in [0.1, 0.15) is 69.0 Å². The van der Waals surface area contributed by atoms with E-state index in [1.54, 1.807) is 7.05 Å². The highest BCUT2D eigenvalue weighted by atomic mass is 32.2. The molecular weight excluding hydrogens is 414 g/mol. The molecular formula is C22H35N5O3S. The molecule has 172 valence electrons. The molecule has 0 saturated heterocycles. The highest BCUT2D eigenvalue weighted by Gasteiger charge is 2.14. The average Bonchev–Trinajstić information content (AvgIpc) is 3.17. The van der Waals surface area contributed by atoms with Crippen LogP contribution in [0.3, 0.4) is 0 Å². The molecule has 0 spiro atoms. The van der Waals surface area contributed by atoms with Crippen molar-refractivity contribution < 1.29 is 12.9 Å². The van der Waals surface area contributed by atoms with Gasteiger partial charge in [-0.3, -0.25) is 4.99 Å². The van der Waals surface area contributed by atoms with E-state index >= 15 is 0 Å². The first-order chi connectivity index (χ1) is 14.8. The lowest BCUT2D eigenvalue weighted by Gasteiger charge is -2.12. The number of aliphatic imine (C=N–C) groups is 1. The molecule has 0 bridgehead atoms. The maximum atomic E-state index is 12.1. The van der Waals surface area contributed by atoms with Crippen LogP contribution in [0.25, 0.3) is 0 Å². The fraction of sp³-hybridized carbons (Fsp3) is 0.545. The van der Waals surface area contributed by atoms with Crippen molar-refractivity contribution in [3.05, 3.63) is 52.9 Å². The minimum atomic E-state index is -3.33. The van der Waals surface area contributed by atoms with E-state index in [0.29, 0.717) is 25.0 Å². The summed E-state index contributed by atoms with van der Waals surface area (Å²) < 4.78 is 32.1. The molecule has 0 amide bonds. The largest absolute Gasteiger partial charge is 0.359 e. The molecule has 0 aliphatic heterocycles. The Hall–Kier alpha value is -2.39. The maximum absolute atomic E-state index is 12.1. The third-order valence-corrected chi connectivity index (χ3v) is 6.43. The number of nitrogens with zero attached hydrogens (tertiary/aromatic N) is 2. The third-order valence-electron chi connectivity index (χ3n) is 4.89. The van der Waals surface area contributed by atoms with Crippen LogP contribution < -0.4 is 15.4 Å². The molecule has 0 atom stereocenters. The second kappa shape index (κ2) is 11.9. The van der Waals surface area contributed by atoms with E-state index in [4.69, 9.17) is 4.52 Å². The highest BCUT2D eigenvalue weighted by Crippen LogP contribution is 2.22. The summed E-state index contributed by atoms with van der Waals surface area (Å²) in [6.07, 6.45) is 2.08. The first-order valence-electron chi connectivity index (χ1n) is 10.7. The SMILES string of the molecule is CCC(CC)c1cc(CNC(=NC)NCc2ccc(CS(=O)(=O)NC(C)C)cc2)on1. The number of nitrogens with one attached hydrogen (secondary N) is 3. The zero-order valence-electron chi connectivity index (χ0n) is 19.1. The van der Waals surface area contributed by atoms with Crippen molar-refractivity contribution in [3.8, 4) is 0 Å². The van der Waals surface area contributed by atoms with E-state index in [1.165, 1.54) is 0 Å². The van der Waals surface area contributed by atoms with Gasteiger partial charge in [0.15, 0.2) is 11.7 Å². The lowest BCUT2D eigenvalue weighted by Crippen LogP contribution is -2.36.